The Hall–Kier alpha value is -3.01. The highest BCUT2D eigenvalue weighted by molar-refractivity contribution is 6.31. The lowest BCUT2D eigenvalue weighted by Crippen LogP contribution is -2.18. The topological polar surface area (TPSA) is 133 Å². The van der Waals surface area contributed by atoms with Crippen molar-refractivity contribution in [2.24, 2.45) is 7.05 Å². The summed E-state index contributed by atoms with van der Waals surface area (Å²) in [4.78, 5) is 32.9. The fourth-order valence-electron chi connectivity index (χ4n) is 2.06. The maximum absolute atomic E-state index is 12.3. The number of anilines is 1. The monoisotopic (exact) mass is 339 g/mol. The van der Waals surface area contributed by atoms with Gasteiger partial charge in [0, 0.05) is 18.1 Å². The molecule has 0 aliphatic carbocycles. The second-order valence-electron chi connectivity index (χ2n) is 4.54. The van der Waals surface area contributed by atoms with Crippen LogP contribution in [0.5, 0.6) is 0 Å². The van der Waals surface area contributed by atoms with Crippen LogP contribution in [-0.4, -0.2) is 25.5 Å². The summed E-state index contributed by atoms with van der Waals surface area (Å²) in [6.07, 6.45) is 0. The summed E-state index contributed by atoms with van der Waals surface area (Å²) in [5.41, 5.74) is -1.25. The molecule has 0 unspecified atom stereocenters. The number of nitro benzene ring substituents is 1. The number of hydrogen-bond donors (Lipinski definition) is 1. The molecule has 0 aliphatic heterocycles. The molecule has 0 spiro atoms. The quantitative estimate of drug-likeness (QED) is 0.671. The summed E-state index contributed by atoms with van der Waals surface area (Å²) in [5, 5.41) is 28.3. The van der Waals surface area contributed by atoms with Gasteiger partial charge < -0.3 is 5.32 Å². The standard InChI is InChI=1S/C12H10ClN5O5/c1-6-10(18(22)23)11(16(2)15-6)12(19)14-8-4-3-7(13)5-9(8)17(20)21/h3-5H,1-2H3,(H,14,19). The third-order valence-electron chi connectivity index (χ3n) is 2.99. The number of aryl methyl sites for hydroxylation is 2. The van der Waals surface area contributed by atoms with Crippen LogP contribution in [0.15, 0.2) is 18.2 Å². The normalized spacial score (nSPS) is 10.4. The van der Waals surface area contributed by atoms with Gasteiger partial charge in [-0.05, 0) is 19.1 Å². The van der Waals surface area contributed by atoms with Crippen LogP contribution in [0.4, 0.5) is 17.1 Å². The zero-order valence-electron chi connectivity index (χ0n) is 11.9. The Morgan fingerprint density at radius 1 is 1.30 bits per heavy atom. The average Bonchev–Trinajstić information content (AvgIpc) is 2.75. The Balaban J connectivity index is 2.45. The average molecular weight is 340 g/mol. The lowest BCUT2D eigenvalue weighted by atomic mass is 10.2. The maximum Gasteiger partial charge on any atom is 0.322 e. The second kappa shape index (κ2) is 6.01. The molecule has 1 heterocycles. The molecule has 0 bridgehead atoms. The molecule has 120 valence electrons. The highest BCUT2D eigenvalue weighted by Crippen LogP contribution is 2.29. The van der Waals surface area contributed by atoms with Gasteiger partial charge in [0.2, 0.25) is 5.69 Å². The van der Waals surface area contributed by atoms with Gasteiger partial charge in [0.15, 0.2) is 0 Å². The SMILES string of the molecule is Cc1nn(C)c(C(=O)Nc2ccc(Cl)cc2[N+](=O)[O-])c1[N+](=O)[O-]. The van der Waals surface area contributed by atoms with E-state index in [2.05, 4.69) is 10.4 Å². The molecule has 0 saturated carbocycles. The molecule has 0 saturated heterocycles. The minimum Gasteiger partial charge on any atom is -0.315 e. The largest absolute Gasteiger partial charge is 0.322 e. The Morgan fingerprint density at radius 3 is 2.52 bits per heavy atom. The van der Waals surface area contributed by atoms with Gasteiger partial charge in [0.25, 0.3) is 11.6 Å². The van der Waals surface area contributed by atoms with Crippen molar-refractivity contribution < 1.29 is 14.6 Å². The van der Waals surface area contributed by atoms with Crippen molar-refractivity contribution in [2.75, 3.05) is 5.32 Å². The number of carbonyl (C=O) groups is 1. The van der Waals surface area contributed by atoms with Gasteiger partial charge in [0.05, 0.1) is 9.85 Å². The molecule has 11 heteroatoms. The molecule has 0 fully saturated rings. The number of carbonyl (C=O) groups excluding carboxylic acids is 1. The minimum absolute atomic E-state index is 0.0632. The highest BCUT2D eigenvalue weighted by Gasteiger charge is 2.30. The lowest BCUT2D eigenvalue weighted by Gasteiger charge is -2.06. The Bertz CT molecular complexity index is 831. The van der Waals surface area contributed by atoms with Crippen molar-refractivity contribution in [2.45, 2.75) is 6.92 Å². The van der Waals surface area contributed by atoms with E-state index < -0.39 is 27.1 Å². The van der Waals surface area contributed by atoms with E-state index in [1.807, 2.05) is 0 Å². The first kappa shape index (κ1) is 16.4. The fourth-order valence-corrected chi connectivity index (χ4v) is 2.23. The smallest absolute Gasteiger partial charge is 0.315 e. The number of nitro groups is 2. The van der Waals surface area contributed by atoms with Crippen molar-refractivity contribution in [1.82, 2.24) is 9.78 Å². The fraction of sp³-hybridized carbons (Fsp3) is 0.167. The molecular weight excluding hydrogens is 330 g/mol. The van der Waals surface area contributed by atoms with E-state index in [4.69, 9.17) is 11.6 Å². The molecule has 2 aromatic rings. The third kappa shape index (κ3) is 3.11. The molecule has 23 heavy (non-hydrogen) atoms. The van der Waals surface area contributed by atoms with E-state index in [1.54, 1.807) is 0 Å². The van der Waals surface area contributed by atoms with Crippen LogP contribution in [0.2, 0.25) is 5.02 Å². The van der Waals surface area contributed by atoms with Gasteiger partial charge in [-0.2, -0.15) is 5.10 Å². The molecule has 1 aromatic heterocycles. The Labute approximate surface area is 134 Å². The maximum atomic E-state index is 12.3. The number of nitrogens with zero attached hydrogens (tertiary/aromatic N) is 4. The number of hydrogen-bond acceptors (Lipinski definition) is 6. The van der Waals surface area contributed by atoms with Crippen LogP contribution >= 0.6 is 11.6 Å². The summed E-state index contributed by atoms with van der Waals surface area (Å²) < 4.78 is 1.05. The van der Waals surface area contributed by atoms with E-state index in [-0.39, 0.29) is 22.1 Å². The molecule has 2 rings (SSSR count). The van der Waals surface area contributed by atoms with Gasteiger partial charge in [0.1, 0.15) is 11.4 Å². The van der Waals surface area contributed by atoms with E-state index in [9.17, 15) is 25.0 Å². The number of aromatic nitrogens is 2. The predicted molar refractivity (Wildman–Crippen MR) is 80.7 cm³/mol. The van der Waals surface area contributed by atoms with Gasteiger partial charge in [-0.1, -0.05) is 11.6 Å². The Morgan fingerprint density at radius 2 is 1.96 bits per heavy atom. The van der Waals surface area contributed by atoms with Crippen LogP contribution in [0, 0.1) is 27.2 Å². The predicted octanol–water partition coefficient (Wildman–Crippen LogP) is 2.45. The molecule has 1 amide bonds. The van der Waals surface area contributed by atoms with Crippen molar-refractivity contribution in [3.05, 3.63) is 54.8 Å². The first-order valence-electron chi connectivity index (χ1n) is 6.15. The van der Waals surface area contributed by atoms with Gasteiger partial charge >= 0.3 is 5.69 Å². The Kier molecular flexibility index (Phi) is 4.27. The van der Waals surface area contributed by atoms with Crippen LogP contribution in [0.1, 0.15) is 16.2 Å². The molecule has 10 nitrogen and oxygen atoms in total. The molecule has 0 aliphatic rings. The number of nitrogens with one attached hydrogen (secondary N) is 1. The van der Waals surface area contributed by atoms with Crippen molar-refractivity contribution in [3.63, 3.8) is 0 Å². The zero-order valence-corrected chi connectivity index (χ0v) is 12.7. The van der Waals surface area contributed by atoms with Crippen molar-refractivity contribution in [1.29, 1.82) is 0 Å². The summed E-state index contributed by atoms with van der Waals surface area (Å²) in [6, 6.07) is 3.67. The number of amides is 1. The third-order valence-corrected chi connectivity index (χ3v) is 3.23. The number of benzene rings is 1. The van der Waals surface area contributed by atoms with Crippen LogP contribution in [0.25, 0.3) is 0 Å². The van der Waals surface area contributed by atoms with Crippen LogP contribution in [-0.2, 0) is 7.05 Å². The number of rotatable bonds is 4. The molecule has 0 atom stereocenters. The van der Waals surface area contributed by atoms with Crippen LogP contribution in [0.3, 0.4) is 0 Å². The summed E-state index contributed by atoms with van der Waals surface area (Å²) in [7, 11) is 1.37. The highest BCUT2D eigenvalue weighted by atomic mass is 35.5. The van der Waals surface area contributed by atoms with Crippen molar-refractivity contribution in [3.8, 4) is 0 Å². The summed E-state index contributed by atoms with van der Waals surface area (Å²) in [5.74, 6) is -0.884. The van der Waals surface area contributed by atoms with Gasteiger partial charge in [-0.25, -0.2) is 0 Å². The second-order valence-corrected chi connectivity index (χ2v) is 4.97. The van der Waals surface area contributed by atoms with Gasteiger partial charge in [-0.3, -0.25) is 29.7 Å². The molecule has 1 N–H and O–H groups in total. The van der Waals surface area contributed by atoms with E-state index in [0.29, 0.717) is 0 Å². The summed E-state index contributed by atoms with van der Waals surface area (Å²) in [6.45, 7) is 1.39. The number of halogens is 1. The zero-order chi connectivity index (χ0) is 17.3. The van der Waals surface area contributed by atoms with Gasteiger partial charge in [-0.15, -0.1) is 0 Å². The molecule has 1 aromatic carbocycles. The van der Waals surface area contributed by atoms with E-state index >= 15 is 0 Å². The van der Waals surface area contributed by atoms with Crippen molar-refractivity contribution >= 4 is 34.6 Å². The molecule has 0 radical (unpaired) electrons. The lowest BCUT2D eigenvalue weighted by molar-refractivity contribution is -0.385. The first-order valence-corrected chi connectivity index (χ1v) is 6.53. The molecular formula is C12H10ClN5O5. The first-order chi connectivity index (χ1) is 10.7. The summed E-state index contributed by atoms with van der Waals surface area (Å²) >= 11 is 5.69. The van der Waals surface area contributed by atoms with E-state index in [0.717, 1.165) is 10.7 Å². The van der Waals surface area contributed by atoms with Crippen LogP contribution < -0.4 is 5.32 Å². The minimum atomic E-state index is -0.884. The van der Waals surface area contributed by atoms with E-state index in [1.165, 1.54) is 26.1 Å².